The predicted octanol–water partition coefficient (Wildman–Crippen LogP) is 7.93. The van der Waals surface area contributed by atoms with Gasteiger partial charge in [-0.15, -0.1) is 11.3 Å². The molecule has 4 rings (SSSR count). The van der Waals surface area contributed by atoms with Crippen molar-refractivity contribution in [1.82, 2.24) is 0 Å². The van der Waals surface area contributed by atoms with Gasteiger partial charge in [-0.2, -0.15) is 0 Å². The zero-order valence-corrected chi connectivity index (χ0v) is 16.8. The predicted molar refractivity (Wildman–Crippen MR) is 115 cm³/mol. The molecular formula is C20H11Cl2NO2S2. The summed E-state index contributed by atoms with van der Waals surface area (Å²) in [5, 5.41) is 13.5. The van der Waals surface area contributed by atoms with Crippen molar-refractivity contribution in [2.75, 3.05) is 0 Å². The molecule has 0 saturated carbocycles. The summed E-state index contributed by atoms with van der Waals surface area (Å²) in [5.74, 6) is 0. The molecule has 0 fully saturated rings. The van der Waals surface area contributed by atoms with Gasteiger partial charge in [0.15, 0.2) is 0 Å². The first kappa shape index (κ1) is 18.3. The molecule has 1 aromatic heterocycles. The van der Waals surface area contributed by atoms with Gasteiger partial charge in [0.1, 0.15) is 0 Å². The fourth-order valence-corrected chi connectivity index (χ4v) is 5.66. The van der Waals surface area contributed by atoms with E-state index in [-0.39, 0.29) is 10.6 Å². The Hall–Kier alpha value is -2.05. The van der Waals surface area contributed by atoms with Crippen molar-refractivity contribution < 1.29 is 4.92 Å². The van der Waals surface area contributed by atoms with Gasteiger partial charge in [0.05, 0.1) is 14.8 Å². The van der Waals surface area contributed by atoms with Crippen LogP contribution in [0.15, 0.2) is 76.5 Å². The molecule has 0 amide bonds. The summed E-state index contributed by atoms with van der Waals surface area (Å²) in [7, 11) is 0. The van der Waals surface area contributed by atoms with E-state index in [2.05, 4.69) is 0 Å². The van der Waals surface area contributed by atoms with Gasteiger partial charge < -0.3 is 0 Å². The first-order valence-corrected chi connectivity index (χ1v) is 10.3. The maximum atomic E-state index is 11.4. The number of rotatable bonds is 4. The second kappa shape index (κ2) is 7.52. The summed E-state index contributed by atoms with van der Waals surface area (Å²) in [5.41, 5.74) is 0.991. The van der Waals surface area contributed by atoms with Crippen molar-refractivity contribution in [2.24, 2.45) is 0 Å². The molecule has 0 aliphatic heterocycles. The first-order valence-electron chi connectivity index (χ1n) is 7.92. The van der Waals surface area contributed by atoms with Crippen molar-refractivity contribution in [1.29, 1.82) is 0 Å². The quantitative estimate of drug-likeness (QED) is 0.243. The van der Waals surface area contributed by atoms with Crippen molar-refractivity contribution >= 4 is 62.1 Å². The van der Waals surface area contributed by atoms with Crippen LogP contribution in [0.4, 0.5) is 5.69 Å². The summed E-state index contributed by atoms with van der Waals surface area (Å²) < 4.78 is 0.789. The average Bonchev–Trinajstić information content (AvgIpc) is 3.00. The Morgan fingerprint density at radius 3 is 2.33 bits per heavy atom. The highest BCUT2D eigenvalue weighted by Crippen LogP contribution is 2.48. The molecule has 4 aromatic rings. The summed E-state index contributed by atoms with van der Waals surface area (Å²) in [6.45, 7) is 0. The van der Waals surface area contributed by atoms with Crippen LogP contribution >= 0.6 is 46.3 Å². The lowest BCUT2D eigenvalue weighted by Gasteiger charge is -2.05. The molecule has 0 bridgehead atoms. The highest BCUT2D eigenvalue weighted by molar-refractivity contribution is 7.99. The Kier molecular flexibility index (Phi) is 5.10. The molecule has 0 atom stereocenters. The van der Waals surface area contributed by atoms with Crippen LogP contribution in [0.1, 0.15) is 0 Å². The smallest absolute Gasteiger partial charge is 0.258 e. The van der Waals surface area contributed by atoms with Crippen molar-refractivity contribution in [3.8, 4) is 10.4 Å². The minimum absolute atomic E-state index is 0.0569. The van der Waals surface area contributed by atoms with Gasteiger partial charge in [0, 0.05) is 37.0 Å². The standard InChI is InChI=1S/C20H11Cl2NO2S2/c21-13-8-6-12(7-9-13)20-19(22)18-16(26-15-4-2-1-3-5-15)10-14(23(24)25)11-17(18)27-20/h1-11H. The molecule has 7 heteroatoms. The molecule has 0 saturated heterocycles. The molecule has 0 unspecified atom stereocenters. The van der Waals surface area contributed by atoms with Gasteiger partial charge >= 0.3 is 0 Å². The fraction of sp³-hybridized carbons (Fsp3) is 0. The van der Waals surface area contributed by atoms with E-state index in [1.54, 1.807) is 24.3 Å². The van der Waals surface area contributed by atoms with E-state index in [0.29, 0.717) is 10.0 Å². The van der Waals surface area contributed by atoms with Crippen molar-refractivity contribution in [3.63, 3.8) is 0 Å². The van der Waals surface area contributed by atoms with Crippen LogP contribution < -0.4 is 0 Å². The third kappa shape index (κ3) is 3.69. The van der Waals surface area contributed by atoms with Gasteiger partial charge in [0.2, 0.25) is 0 Å². The van der Waals surface area contributed by atoms with Gasteiger partial charge in [-0.05, 0) is 29.8 Å². The molecule has 0 spiro atoms. The number of halogens is 2. The van der Waals surface area contributed by atoms with E-state index in [1.165, 1.54) is 23.1 Å². The Labute approximate surface area is 173 Å². The number of nitrogens with zero attached hydrogens (tertiary/aromatic N) is 1. The zero-order chi connectivity index (χ0) is 19.0. The highest BCUT2D eigenvalue weighted by atomic mass is 35.5. The minimum Gasteiger partial charge on any atom is -0.258 e. The van der Waals surface area contributed by atoms with Crippen LogP contribution in [0.25, 0.3) is 20.5 Å². The number of nitro groups is 1. The number of non-ortho nitro benzene ring substituents is 1. The van der Waals surface area contributed by atoms with Crippen LogP contribution in [0.3, 0.4) is 0 Å². The van der Waals surface area contributed by atoms with Gasteiger partial charge in [-0.3, -0.25) is 10.1 Å². The number of hydrogen-bond acceptors (Lipinski definition) is 4. The second-order valence-electron chi connectivity index (χ2n) is 5.74. The van der Waals surface area contributed by atoms with Crippen molar-refractivity contribution in [2.45, 2.75) is 9.79 Å². The number of fused-ring (bicyclic) bond motifs is 1. The van der Waals surface area contributed by atoms with E-state index in [0.717, 1.165) is 30.3 Å². The second-order valence-corrected chi connectivity index (χ2v) is 8.72. The molecule has 3 aromatic carbocycles. The molecule has 0 aliphatic rings. The molecule has 27 heavy (non-hydrogen) atoms. The number of benzene rings is 3. The number of nitro benzene ring substituents is 1. The Morgan fingerprint density at radius 2 is 1.67 bits per heavy atom. The monoisotopic (exact) mass is 431 g/mol. The molecular weight excluding hydrogens is 421 g/mol. The molecule has 134 valence electrons. The van der Waals surface area contributed by atoms with E-state index < -0.39 is 0 Å². The fourth-order valence-electron chi connectivity index (χ4n) is 2.73. The lowest BCUT2D eigenvalue weighted by molar-refractivity contribution is -0.384. The number of thiophene rings is 1. The summed E-state index contributed by atoms with van der Waals surface area (Å²) in [6.07, 6.45) is 0. The SMILES string of the molecule is O=[N+]([O-])c1cc(Sc2ccccc2)c2c(Cl)c(-c3ccc(Cl)cc3)sc2c1. The summed E-state index contributed by atoms with van der Waals surface area (Å²) in [4.78, 5) is 13.7. The summed E-state index contributed by atoms with van der Waals surface area (Å²) in [6, 6.07) is 20.3. The molecule has 0 N–H and O–H groups in total. The number of hydrogen-bond donors (Lipinski definition) is 0. The van der Waals surface area contributed by atoms with Crippen LogP contribution in [0.5, 0.6) is 0 Å². The molecule has 3 nitrogen and oxygen atoms in total. The summed E-state index contributed by atoms with van der Waals surface area (Å²) >= 11 is 15.6. The maximum absolute atomic E-state index is 11.4. The van der Waals surface area contributed by atoms with Gasteiger partial charge in [-0.25, -0.2) is 0 Å². The van der Waals surface area contributed by atoms with Crippen LogP contribution in [-0.4, -0.2) is 4.92 Å². The third-order valence-corrected chi connectivity index (χ3v) is 6.95. The molecule has 0 radical (unpaired) electrons. The highest BCUT2D eigenvalue weighted by Gasteiger charge is 2.20. The van der Waals surface area contributed by atoms with E-state index in [1.807, 2.05) is 42.5 Å². The minimum atomic E-state index is -0.371. The largest absolute Gasteiger partial charge is 0.272 e. The van der Waals surface area contributed by atoms with Crippen LogP contribution in [0, 0.1) is 10.1 Å². The van der Waals surface area contributed by atoms with E-state index >= 15 is 0 Å². The van der Waals surface area contributed by atoms with E-state index in [4.69, 9.17) is 23.2 Å². The first-order chi connectivity index (χ1) is 13.0. The molecule has 1 heterocycles. The zero-order valence-electron chi connectivity index (χ0n) is 13.7. The Morgan fingerprint density at radius 1 is 0.963 bits per heavy atom. The Bertz CT molecular complexity index is 1140. The molecule has 0 aliphatic carbocycles. The normalized spacial score (nSPS) is 11.0. The lowest BCUT2D eigenvalue weighted by Crippen LogP contribution is -1.88. The average molecular weight is 432 g/mol. The lowest BCUT2D eigenvalue weighted by atomic mass is 10.1. The topological polar surface area (TPSA) is 43.1 Å². The van der Waals surface area contributed by atoms with Gasteiger partial charge in [0.25, 0.3) is 5.69 Å². The third-order valence-electron chi connectivity index (χ3n) is 3.97. The van der Waals surface area contributed by atoms with Crippen molar-refractivity contribution in [3.05, 3.63) is 86.9 Å². The van der Waals surface area contributed by atoms with Crippen LogP contribution in [0.2, 0.25) is 10.0 Å². The van der Waals surface area contributed by atoms with Gasteiger partial charge in [-0.1, -0.05) is 65.3 Å². The Balaban J connectivity index is 1.92. The van der Waals surface area contributed by atoms with Crippen LogP contribution in [-0.2, 0) is 0 Å². The van der Waals surface area contributed by atoms with E-state index in [9.17, 15) is 10.1 Å². The maximum Gasteiger partial charge on any atom is 0.272 e.